The van der Waals surface area contributed by atoms with Crippen molar-refractivity contribution in [1.29, 1.82) is 0 Å². The highest BCUT2D eigenvalue weighted by Gasteiger charge is 2.49. The molecule has 1 N–H and O–H groups in total. The number of alkyl halides is 3. The number of carboxylic acids is 1. The van der Waals surface area contributed by atoms with E-state index in [4.69, 9.17) is 5.11 Å². The van der Waals surface area contributed by atoms with Gasteiger partial charge in [0.1, 0.15) is 6.54 Å². The minimum Gasteiger partial charge on any atom is -0.480 e. The van der Waals surface area contributed by atoms with E-state index in [1.165, 1.54) is 0 Å². The second-order valence-corrected chi connectivity index (χ2v) is 5.07. The van der Waals surface area contributed by atoms with Crippen molar-refractivity contribution >= 4 is 11.9 Å². The molecule has 0 aromatic heterocycles. The maximum atomic E-state index is 12.6. The van der Waals surface area contributed by atoms with Crippen LogP contribution < -0.4 is 0 Å². The van der Waals surface area contributed by atoms with Gasteiger partial charge in [0.25, 0.3) is 0 Å². The SMILES string of the molecule is CC(C)N(CC(=O)O)C(=O)CC(C)(C)C(F)(F)F. The molecule has 0 rings (SSSR count). The van der Waals surface area contributed by atoms with E-state index in [0.29, 0.717) is 0 Å². The van der Waals surface area contributed by atoms with Gasteiger partial charge in [-0.25, -0.2) is 0 Å². The molecule has 0 unspecified atom stereocenters. The summed E-state index contributed by atoms with van der Waals surface area (Å²) >= 11 is 0. The van der Waals surface area contributed by atoms with Crippen molar-refractivity contribution < 1.29 is 27.9 Å². The van der Waals surface area contributed by atoms with E-state index in [2.05, 4.69) is 0 Å². The van der Waals surface area contributed by atoms with Crippen LogP contribution >= 0.6 is 0 Å². The van der Waals surface area contributed by atoms with Crippen molar-refractivity contribution in [2.45, 2.75) is 46.3 Å². The Morgan fingerprint density at radius 2 is 1.67 bits per heavy atom. The minimum absolute atomic E-state index is 0.461. The summed E-state index contributed by atoms with van der Waals surface area (Å²) in [5, 5.41) is 8.62. The van der Waals surface area contributed by atoms with Crippen LogP contribution in [0, 0.1) is 5.41 Å². The first-order valence-corrected chi connectivity index (χ1v) is 5.46. The Balaban J connectivity index is 4.87. The zero-order chi connectivity index (χ0) is 14.7. The van der Waals surface area contributed by atoms with E-state index in [0.717, 1.165) is 18.7 Å². The third kappa shape index (κ3) is 4.54. The fraction of sp³-hybridized carbons (Fsp3) is 0.818. The van der Waals surface area contributed by atoms with Crippen LogP contribution in [0.4, 0.5) is 13.2 Å². The minimum atomic E-state index is -4.51. The van der Waals surface area contributed by atoms with Crippen LogP contribution in [0.5, 0.6) is 0 Å². The van der Waals surface area contributed by atoms with Gasteiger partial charge in [0.2, 0.25) is 5.91 Å². The van der Waals surface area contributed by atoms with Crippen molar-refractivity contribution in [3.05, 3.63) is 0 Å². The molecule has 0 aliphatic carbocycles. The zero-order valence-corrected chi connectivity index (χ0v) is 10.8. The van der Waals surface area contributed by atoms with Gasteiger partial charge >= 0.3 is 12.1 Å². The predicted octanol–water partition coefficient (Wildman–Crippen LogP) is 2.29. The molecule has 0 aliphatic heterocycles. The van der Waals surface area contributed by atoms with Gasteiger partial charge in [-0.2, -0.15) is 13.2 Å². The topological polar surface area (TPSA) is 57.6 Å². The average molecular weight is 269 g/mol. The summed E-state index contributed by atoms with van der Waals surface area (Å²) in [7, 11) is 0. The maximum Gasteiger partial charge on any atom is 0.394 e. The number of nitrogens with zero attached hydrogens (tertiary/aromatic N) is 1. The lowest BCUT2D eigenvalue weighted by atomic mass is 9.88. The van der Waals surface area contributed by atoms with Gasteiger partial charge in [0.05, 0.1) is 5.41 Å². The highest BCUT2D eigenvalue weighted by Crippen LogP contribution is 2.40. The molecular formula is C11H18F3NO3. The number of halogens is 3. The molecule has 0 aromatic carbocycles. The Morgan fingerprint density at radius 3 is 1.94 bits per heavy atom. The Hall–Kier alpha value is -1.27. The van der Waals surface area contributed by atoms with Crippen molar-refractivity contribution in [2.75, 3.05) is 6.54 Å². The number of carbonyl (C=O) groups is 2. The summed E-state index contributed by atoms with van der Waals surface area (Å²) in [4.78, 5) is 23.2. The molecule has 0 spiro atoms. The molecule has 0 saturated heterocycles. The van der Waals surface area contributed by atoms with Crippen LogP contribution in [0.1, 0.15) is 34.1 Å². The normalized spacial score (nSPS) is 12.7. The third-order valence-electron chi connectivity index (χ3n) is 2.61. The number of hydrogen-bond donors (Lipinski definition) is 1. The summed E-state index contributed by atoms with van der Waals surface area (Å²) in [6.45, 7) is 4.36. The lowest BCUT2D eigenvalue weighted by Crippen LogP contribution is -2.45. The van der Waals surface area contributed by atoms with Gasteiger partial charge in [0, 0.05) is 12.5 Å². The van der Waals surface area contributed by atoms with E-state index in [1.54, 1.807) is 13.8 Å². The lowest BCUT2D eigenvalue weighted by Gasteiger charge is -2.31. The average Bonchev–Trinajstić information content (AvgIpc) is 2.10. The number of hydrogen-bond acceptors (Lipinski definition) is 2. The maximum absolute atomic E-state index is 12.6. The zero-order valence-electron chi connectivity index (χ0n) is 10.8. The highest BCUT2D eigenvalue weighted by molar-refractivity contribution is 5.82. The fourth-order valence-electron chi connectivity index (χ4n) is 1.28. The largest absolute Gasteiger partial charge is 0.480 e. The molecule has 4 nitrogen and oxygen atoms in total. The van der Waals surface area contributed by atoms with Gasteiger partial charge in [0.15, 0.2) is 0 Å². The van der Waals surface area contributed by atoms with Gasteiger partial charge in [-0.05, 0) is 13.8 Å². The first-order valence-electron chi connectivity index (χ1n) is 5.46. The van der Waals surface area contributed by atoms with Gasteiger partial charge < -0.3 is 10.0 Å². The smallest absolute Gasteiger partial charge is 0.394 e. The van der Waals surface area contributed by atoms with Crippen molar-refractivity contribution in [3.8, 4) is 0 Å². The number of carbonyl (C=O) groups excluding carboxylic acids is 1. The monoisotopic (exact) mass is 269 g/mol. The molecule has 1 amide bonds. The van der Waals surface area contributed by atoms with E-state index in [1.807, 2.05) is 0 Å². The molecule has 0 aromatic rings. The predicted molar refractivity (Wildman–Crippen MR) is 58.9 cm³/mol. The molecule has 0 atom stereocenters. The quantitative estimate of drug-likeness (QED) is 0.833. The molecule has 0 fully saturated rings. The summed E-state index contributed by atoms with van der Waals surface area (Å²) in [5.74, 6) is -2.06. The van der Waals surface area contributed by atoms with Crippen molar-refractivity contribution in [2.24, 2.45) is 5.41 Å². The van der Waals surface area contributed by atoms with Crippen LogP contribution in [-0.4, -0.2) is 40.6 Å². The Labute approximate surface area is 104 Å². The van der Waals surface area contributed by atoms with Crippen LogP contribution in [0.3, 0.4) is 0 Å². The first-order chi connectivity index (χ1) is 7.88. The lowest BCUT2D eigenvalue weighted by molar-refractivity contribution is -0.215. The Kier molecular flexibility index (Phi) is 5.19. The van der Waals surface area contributed by atoms with Gasteiger partial charge in [-0.3, -0.25) is 9.59 Å². The number of aliphatic carboxylic acids is 1. The summed E-state index contributed by atoms with van der Waals surface area (Å²) < 4.78 is 37.9. The standard InChI is InChI=1S/C11H18F3NO3/c1-7(2)15(6-9(17)18)8(16)5-10(3,4)11(12,13)14/h7H,5-6H2,1-4H3,(H,17,18). The summed E-state index contributed by atoms with van der Waals surface area (Å²) in [6, 6.07) is -0.461. The summed E-state index contributed by atoms with van der Waals surface area (Å²) in [5.41, 5.74) is -2.17. The second-order valence-electron chi connectivity index (χ2n) is 5.07. The number of amides is 1. The molecular weight excluding hydrogens is 251 g/mol. The molecule has 0 saturated carbocycles. The molecule has 0 heterocycles. The van der Waals surface area contributed by atoms with E-state index >= 15 is 0 Å². The molecule has 0 aliphatic rings. The van der Waals surface area contributed by atoms with Gasteiger partial charge in [-0.15, -0.1) is 0 Å². The Morgan fingerprint density at radius 1 is 1.22 bits per heavy atom. The highest BCUT2D eigenvalue weighted by atomic mass is 19.4. The molecule has 0 bridgehead atoms. The fourth-order valence-corrected chi connectivity index (χ4v) is 1.28. The van der Waals surface area contributed by atoms with Crippen LogP contribution in [0.2, 0.25) is 0 Å². The third-order valence-corrected chi connectivity index (χ3v) is 2.61. The van der Waals surface area contributed by atoms with E-state index in [9.17, 15) is 22.8 Å². The molecule has 106 valence electrons. The van der Waals surface area contributed by atoms with Gasteiger partial charge in [-0.1, -0.05) is 13.8 Å². The van der Waals surface area contributed by atoms with Crippen molar-refractivity contribution in [3.63, 3.8) is 0 Å². The van der Waals surface area contributed by atoms with Crippen LogP contribution in [0.15, 0.2) is 0 Å². The first kappa shape index (κ1) is 16.7. The Bertz CT molecular complexity index is 324. The second kappa shape index (κ2) is 5.58. The van der Waals surface area contributed by atoms with E-state index < -0.39 is 42.5 Å². The van der Waals surface area contributed by atoms with E-state index in [-0.39, 0.29) is 0 Å². The number of carboxylic acid groups (broad SMARTS) is 1. The molecule has 18 heavy (non-hydrogen) atoms. The number of rotatable bonds is 5. The van der Waals surface area contributed by atoms with Crippen LogP contribution in [-0.2, 0) is 9.59 Å². The van der Waals surface area contributed by atoms with Crippen LogP contribution in [0.25, 0.3) is 0 Å². The summed E-state index contributed by atoms with van der Waals surface area (Å²) in [6.07, 6.45) is -5.27. The molecule has 7 heteroatoms. The molecule has 0 radical (unpaired) electrons. The van der Waals surface area contributed by atoms with Crippen molar-refractivity contribution in [1.82, 2.24) is 4.90 Å².